The van der Waals surface area contributed by atoms with Crippen LogP contribution in [0.15, 0.2) is 23.2 Å². The Balaban J connectivity index is 2.03. The molecule has 0 radical (unpaired) electrons. The summed E-state index contributed by atoms with van der Waals surface area (Å²) in [6.07, 6.45) is 2.29. The van der Waals surface area contributed by atoms with Gasteiger partial charge in [-0.1, -0.05) is 18.5 Å². The number of nitrogens with zero attached hydrogens (tertiary/aromatic N) is 2. The summed E-state index contributed by atoms with van der Waals surface area (Å²) in [5.74, 6) is -0.937. The summed E-state index contributed by atoms with van der Waals surface area (Å²) in [6.45, 7) is 5.26. The number of aromatic nitrogens is 2. The van der Waals surface area contributed by atoms with Crippen LogP contribution >= 0.6 is 11.6 Å². The molecule has 1 aromatic heterocycles. The summed E-state index contributed by atoms with van der Waals surface area (Å²) in [4.78, 5) is 12.8. The molecule has 1 aliphatic heterocycles. The van der Waals surface area contributed by atoms with Crippen molar-refractivity contribution < 1.29 is 27.8 Å². The number of ether oxygens (including phenoxy) is 2. The van der Waals surface area contributed by atoms with Gasteiger partial charge in [-0.3, -0.25) is 4.79 Å². The van der Waals surface area contributed by atoms with Crippen molar-refractivity contribution in [2.45, 2.75) is 25.3 Å². The van der Waals surface area contributed by atoms with Crippen molar-refractivity contribution >= 4 is 27.2 Å². The van der Waals surface area contributed by atoms with Gasteiger partial charge in [-0.25, -0.2) is 13.1 Å². The normalized spacial score (nSPS) is 15.9. The highest BCUT2D eigenvalue weighted by Gasteiger charge is 2.35. The Labute approximate surface area is 167 Å². The van der Waals surface area contributed by atoms with Gasteiger partial charge in [-0.05, 0) is 19.1 Å². The van der Waals surface area contributed by atoms with Crippen LogP contribution < -0.4 is 4.74 Å². The summed E-state index contributed by atoms with van der Waals surface area (Å²) >= 11 is 6.40. The van der Waals surface area contributed by atoms with Crippen molar-refractivity contribution in [3.63, 3.8) is 0 Å². The van der Waals surface area contributed by atoms with Gasteiger partial charge in [0.1, 0.15) is 10.5 Å². The standard InChI is InChI=1S/C18H21ClN2O6S/c1-4-21-17(23)12(7-20-21)15(22)11-5-6-13(28(3,24)25)16(14(11)19)27-10-18(2)8-26-9-18/h5-7,23H,4,8-10H2,1-3H3. The van der Waals surface area contributed by atoms with E-state index in [0.29, 0.717) is 19.8 Å². The van der Waals surface area contributed by atoms with Gasteiger partial charge in [0.15, 0.2) is 15.6 Å². The number of ketones is 1. The lowest BCUT2D eigenvalue weighted by Gasteiger charge is -2.37. The van der Waals surface area contributed by atoms with Gasteiger partial charge in [0.2, 0.25) is 11.7 Å². The molecular formula is C18H21ClN2O6S. The minimum atomic E-state index is -3.65. The van der Waals surface area contributed by atoms with Crippen molar-refractivity contribution in [1.82, 2.24) is 9.78 Å². The second-order valence-corrected chi connectivity index (χ2v) is 9.51. The third kappa shape index (κ3) is 3.74. The van der Waals surface area contributed by atoms with Crippen LogP contribution in [0.5, 0.6) is 11.6 Å². The number of carbonyl (C=O) groups is 1. The predicted molar refractivity (Wildman–Crippen MR) is 102 cm³/mol. The summed E-state index contributed by atoms with van der Waals surface area (Å²) in [6, 6.07) is 2.59. The molecule has 1 aromatic carbocycles. The van der Waals surface area contributed by atoms with Gasteiger partial charge >= 0.3 is 0 Å². The van der Waals surface area contributed by atoms with E-state index in [-0.39, 0.29) is 44.7 Å². The van der Waals surface area contributed by atoms with E-state index in [4.69, 9.17) is 21.1 Å². The molecule has 2 aromatic rings. The van der Waals surface area contributed by atoms with E-state index >= 15 is 0 Å². The monoisotopic (exact) mass is 428 g/mol. The highest BCUT2D eigenvalue weighted by Crippen LogP contribution is 2.38. The molecule has 10 heteroatoms. The minimum Gasteiger partial charge on any atom is -0.493 e. The first-order valence-corrected chi connectivity index (χ1v) is 10.9. The first-order chi connectivity index (χ1) is 13.1. The van der Waals surface area contributed by atoms with E-state index < -0.39 is 15.6 Å². The van der Waals surface area contributed by atoms with Crippen molar-refractivity contribution in [3.05, 3.63) is 34.5 Å². The first-order valence-electron chi connectivity index (χ1n) is 8.60. The zero-order chi connectivity index (χ0) is 20.7. The Kier molecular flexibility index (Phi) is 5.44. The molecule has 0 aliphatic carbocycles. The summed E-state index contributed by atoms with van der Waals surface area (Å²) in [5, 5.41) is 14.0. The van der Waals surface area contributed by atoms with Gasteiger partial charge in [0, 0.05) is 23.8 Å². The topological polar surface area (TPSA) is 108 Å². The highest BCUT2D eigenvalue weighted by atomic mass is 35.5. The maximum atomic E-state index is 12.9. The molecule has 3 rings (SSSR count). The van der Waals surface area contributed by atoms with Crippen LogP contribution in [0.3, 0.4) is 0 Å². The number of rotatable bonds is 7. The van der Waals surface area contributed by atoms with Crippen molar-refractivity contribution in [1.29, 1.82) is 0 Å². The molecule has 1 aliphatic rings. The SMILES string of the molecule is CCn1ncc(C(=O)c2ccc(S(C)(=O)=O)c(OCC3(C)COC3)c2Cl)c1O. The van der Waals surface area contributed by atoms with Crippen LogP contribution in [0, 0.1) is 5.41 Å². The zero-order valence-corrected chi connectivity index (χ0v) is 17.3. The largest absolute Gasteiger partial charge is 0.493 e. The number of halogens is 1. The van der Waals surface area contributed by atoms with Gasteiger partial charge in [0.05, 0.1) is 31.0 Å². The fourth-order valence-corrected chi connectivity index (χ4v) is 4.01. The summed E-state index contributed by atoms with van der Waals surface area (Å²) in [7, 11) is -3.65. The smallest absolute Gasteiger partial charge is 0.220 e. The van der Waals surface area contributed by atoms with Crippen molar-refractivity contribution in [2.75, 3.05) is 26.1 Å². The van der Waals surface area contributed by atoms with E-state index in [2.05, 4.69) is 5.10 Å². The van der Waals surface area contributed by atoms with E-state index in [1.165, 1.54) is 23.0 Å². The molecule has 8 nitrogen and oxygen atoms in total. The van der Waals surface area contributed by atoms with E-state index in [0.717, 1.165) is 6.26 Å². The molecule has 1 fully saturated rings. The van der Waals surface area contributed by atoms with Gasteiger partial charge in [-0.15, -0.1) is 0 Å². The second kappa shape index (κ2) is 7.38. The average Bonchev–Trinajstić information content (AvgIpc) is 2.98. The minimum absolute atomic E-state index is 0.0185. The predicted octanol–water partition coefficient (Wildman–Crippen LogP) is 2.31. The number of aryl methyl sites for hydroxylation is 1. The average molecular weight is 429 g/mol. The summed E-state index contributed by atoms with van der Waals surface area (Å²) < 4.78 is 36.5. The lowest BCUT2D eigenvalue weighted by molar-refractivity contribution is -0.120. The molecule has 0 saturated carbocycles. The number of hydrogen-bond donors (Lipinski definition) is 1. The molecule has 28 heavy (non-hydrogen) atoms. The maximum Gasteiger partial charge on any atom is 0.220 e. The Morgan fingerprint density at radius 2 is 2.07 bits per heavy atom. The molecule has 0 amide bonds. The van der Waals surface area contributed by atoms with Crippen LogP contribution in [0.25, 0.3) is 0 Å². The van der Waals surface area contributed by atoms with Gasteiger partial charge < -0.3 is 14.6 Å². The highest BCUT2D eigenvalue weighted by molar-refractivity contribution is 7.90. The number of benzene rings is 1. The number of aromatic hydroxyl groups is 1. The van der Waals surface area contributed by atoms with E-state index in [1.54, 1.807) is 6.92 Å². The maximum absolute atomic E-state index is 12.9. The lowest BCUT2D eigenvalue weighted by Crippen LogP contribution is -2.44. The van der Waals surface area contributed by atoms with Crippen LogP contribution in [0.1, 0.15) is 29.8 Å². The lowest BCUT2D eigenvalue weighted by atomic mass is 9.90. The van der Waals surface area contributed by atoms with Crippen molar-refractivity contribution in [3.8, 4) is 11.6 Å². The molecular weight excluding hydrogens is 408 g/mol. The zero-order valence-electron chi connectivity index (χ0n) is 15.7. The second-order valence-electron chi connectivity index (χ2n) is 7.15. The van der Waals surface area contributed by atoms with E-state index in [1.807, 2.05) is 6.92 Å². The summed E-state index contributed by atoms with van der Waals surface area (Å²) in [5.41, 5.74) is -0.259. The van der Waals surface area contributed by atoms with Crippen LogP contribution in [-0.4, -0.2) is 55.2 Å². The quantitative estimate of drug-likeness (QED) is 0.674. The first kappa shape index (κ1) is 20.6. The van der Waals surface area contributed by atoms with Crippen LogP contribution in [-0.2, 0) is 21.1 Å². The van der Waals surface area contributed by atoms with Crippen LogP contribution in [0.2, 0.25) is 5.02 Å². The third-order valence-corrected chi connectivity index (χ3v) is 6.02. The van der Waals surface area contributed by atoms with E-state index in [9.17, 15) is 18.3 Å². The molecule has 0 unspecified atom stereocenters. The Morgan fingerprint density at radius 1 is 1.39 bits per heavy atom. The van der Waals surface area contributed by atoms with Gasteiger partial charge in [0.25, 0.3) is 0 Å². The van der Waals surface area contributed by atoms with Crippen LogP contribution in [0.4, 0.5) is 0 Å². The molecule has 0 atom stereocenters. The molecule has 152 valence electrons. The number of carbonyl (C=O) groups excluding carboxylic acids is 1. The molecule has 0 bridgehead atoms. The fourth-order valence-electron chi connectivity index (χ4n) is 2.84. The van der Waals surface area contributed by atoms with Crippen molar-refractivity contribution in [2.24, 2.45) is 5.41 Å². The Hall–Kier alpha value is -2.10. The number of hydrogen-bond acceptors (Lipinski definition) is 7. The number of sulfone groups is 1. The molecule has 1 N–H and O–H groups in total. The molecule has 1 saturated heterocycles. The Bertz CT molecular complexity index is 1030. The Morgan fingerprint density at radius 3 is 2.57 bits per heavy atom. The van der Waals surface area contributed by atoms with Gasteiger partial charge in [-0.2, -0.15) is 5.10 Å². The molecule has 0 spiro atoms. The third-order valence-electron chi connectivity index (χ3n) is 4.53. The fraction of sp³-hybridized carbons (Fsp3) is 0.444. The molecule has 2 heterocycles.